The molecule has 3 rings (SSSR count). The van der Waals surface area contributed by atoms with Crippen molar-refractivity contribution < 1.29 is 13.2 Å². The molecular weight excluding hydrogens is 341 g/mol. The van der Waals surface area contributed by atoms with Gasteiger partial charge in [-0.25, -0.2) is 4.98 Å². The fourth-order valence-electron chi connectivity index (χ4n) is 2.80. The molecule has 136 valence electrons. The highest BCUT2D eigenvalue weighted by molar-refractivity contribution is 5.68. The molecule has 0 aliphatic rings. The molecule has 26 heavy (non-hydrogen) atoms. The predicted molar refractivity (Wildman–Crippen MR) is 94.7 cm³/mol. The highest BCUT2D eigenvalue weighted by atomic mass is 19.4. The Hall–Kier alpha value is -2.83. The lowest BCUT2D eigenvalue weighted by atomic mass is 10.0. The normalized spacial score (nSPS) is 11.8. The molecule has 2 N–H and O–H groups in total. The molecule has 0 unspecified atom stereocenters. The summed E-state index contributed by atoms with van der Waals surface area (Å²) in [5.41, 5.74) is 2.41. The maximum absolute atomic E-state index is 13.1. The Morgan fingerprint density at radius 3 is 2.65 bits per heavy atom. The van der Waals surface area contributed by atoms with E-state index in [0.29, 0.717) is 5.82 Å². The van der Waals surface area contributed by atoms with Gasteiger partial charge in [-0.1, -0.05) is 32.0 Å². The highest BCUT2D eigenvalue weighted by Gasteiger charge is 2.32. The summed E-state index contributed by atoms with van der Waals surface area (Å²) in [5.74, 6) is 0.783. The number of pyridine rings is 1. The number of hydrogen-bond acceptors (Lipinski definition) is 3. The van der Waals surface area contributed by atoms with E-state index in [4.69, 9.17) is 0 Å². The minimum Gasteiger partial charge on any atom is -0.366 e. The van der Waals surface area contributed by atoms with E-state index < -0.39 is 11.7 Å². The number of aromatic nitrogens is 3. The molecule has 7 heteroatoms. The van der Waals surface area contributed by atoms with Crippen LogP contribution < -0.4 is 5.32 Å². The van der Waals surface area contributed by atoms with E-state index in [1.165, 1.54) is 12.1 Å². The Labute approximate surface area is 149 Å². The molecule has 0 spiro atoms. The van der Waals surface area contributed by atoms with E-state index in [2.05, 4.69) is 34.3 Å². The molecule has 0 bridgehead atoms. The van der Waals surface area contributed by atoms with Gasteiger partial charge < -0.3 is 5.32 Å². The molecule has 0 saturated heterocycles. The largest absolute Gasteiger partial charge is 0.416 e. The third kappa shape index (κ3) is 3.87. The van der Waals surface area contributed by atoms with Crippen molar-refractivity contribution in [3.05, 3.63) is 65.6 Å². The Morgan fingerprint density at radius 2 is 1.92 bits per heavy atom. The van der Waals surface area contributed by atoms with E-state index in [9.17, 15) is 13.2 Å². The number of halogens is 3. The van der Waals surface area contributed by atoms with Crippen molar-refractivity contribution >= 4 is 5.82 Å². The van der Waals surface area contributed by atoms with E-state index in [1.807, 2.05) is 12.1 Å². The first-order valence-electron chi connectivity index (χ1n) is 8.25. The molecular formula is C19H19F3N4. The van der Waals surface area contributed by atoms with Gasteiger partial charge in [0.25, 0.3) is 0 Å². The van der Waals surface area contributed by atoms with Gasteiger partial charge in [-0.3, -0.25) is 5.10 Å². The summed E-state index contributed by atoms with van der Waals surface area (Å²) < 4.78 is 39.3. The molecule has 4 nitrogen and oxygen atoms in total. The van der Waals surface area contributed by atoms with Gasteiger partial charge in [0.05, 0.1) is 11.8 Å². The van der Waals surface area contributed by atoms with E-state index in [-0.39, 0.29) is 18.0 Å². The number of alkyl halides is 3. The summed E-state index contributed by atoms with van der Waals surface area (Å²) in [6.45, 7) is 4.16. The fourth-order valence-corrected chi connectivity index (χ4v) is 2.80. The molecule has 0 amide bonds. The van der Waals surface area contributed by atoms with Crippen LogP contribution in [0.1, 0.15) is 36.6 Å². The maximum atomic E-state index is 13.1. The summed E-state index contributed by atoms with van der Waals surface area (Å²) in [6, 6.07) is 9.19. The SMILES string of the molecule is CC(C)c1[nH]ncc1-c1ccnc(NCc2ccccc2C(F)(F)F)c1. The van der Waals surface area contributed by atoms with Gasteiger partial charge in [-0.2, -0.15) is 18.3 Å². The van der Waals surface area contributed by atoms with Gasteiger partial charge in [0.15, 0.2) is 0 Å². The number of rotatable bonds is 5. The van der Waals surface area contributed by atoms with Crippen LogP contribution in [0.25, 0.3) is 11.1 Å². The minimum absolute atomic E-state index is 0.0363. The first kappa shape index (κ1) is 18.0. The molecule has 2 aromatic heterocycles. The molecule has 2 heterocycles. The van der Waals surface area contributed by atoms with Gasteiger partial charge in [0.2, 0.25) is 0 Å². The lowest BCUT2D eigenvalue weighted by Gasteiger charge is -2.14. The van der Waals surface area contributed by atoms with Gasteiger partial charge in [-0.05, 0) is 35.2 Å². The van der Waals surface area contributed by atoms with Crippen LogP contribution in [-0.2, 0) is 12.7 Å². The number of nitrogens with zero attached hydrogens (tertiary/aromatic N) is 2. The zero-order valence-electron chi connectivity index (χ0n) is 14.4. The number of nitrogens with one attached hydrogen (secondary N) is 2. The smallest absolute Gasteiger partial charge is 0.366 e. The van der Waals surface area contributed by atoms with Crippen LogP contribution in [0.5, 0.6) is 0 Å². The maximum Gasteiger partial charge on any atom is 0.416 e. The molecule has 0 aliphatic carbocycles. The monoisotopic (exact) mass is 360 g/mol. The van der Waals surface area contributed by atoms with Crippen LogP contribution in [-0.4, -0.2) is 15.2 Å². The van der Waals surface area contributed by atoms with Crippen molar-refractivity contribution in [2.45, 2.75) is 32.5 Å². The Morgan fingerprint density at radius 1 is 1.15 bits per heavy atom. The van der Waals surface area contributed by atoms with Crippen LogP contribution in [0.2, 0.25) is 0 Å². The van der Waals surface area contributed by atoms with Gasteiger partial charge >= 0.3 is 6.18 Å². The Kier molecular flexibility index (Phi) is 4.97. The average molecular weight is 360 g/mol. The van der Waals surface area contributed by atoms with E-state index in [1.54, 1.807) is 18.5 Å². The van der Waals surface area contributed by atoms with E-state index >= 15 is 0 Å². The third-order valence-corrected chi connectivity index (χ3v) is 4.10. The second-order valence-electron chi connectivity index (χ2n) is 6.29. The molecule has 0 saturated carbocycles. The Balaban J connectivity index is 1.82. The van der Waals surface area contributed by atoms with Crippen LogP contribution >= 0.6 is 0 Å². The van der Waals surface area contributed by atoms with Crippen LogP contribution in [0.15, 0.2) is 48.8 Å². The summed E-state index contributed by atoms with van der Waals surface area (Å²) in [5, 5.41) is 10.1. The zero-order chi connectivity index (χ0) is 18.7. The highest BCUT2D eigenvalue weighted by Crippen LogP contribution is 2.32. The molecule has 1 aromatic carbocycles. The third-order valence-electron chi connectivity index (χ3n) is 4.10. The minimum atomic E-state index is -4.38. The number of anilines is 1. The topological polar surface area (TPSA) is 53.6 Å². The summed E-state index contributed by atoms with van der Waals surface area (Å²) in [6.07, 6.45) is -1.01. The van der Waals surface area contributed by atoms with Crippen LogP contribution in [0.4, 0.5) is 19.0 Å². The summed E-state index contributed by atoms with van der Waals surface area (Å²) in [4.78, 5) is 4.21. The second kappa shape index (κ2) is 7.19. The lowest BCUT2D eigenvalue weighted by Crippen LogP contribution is -2.12. The summed E-state index contributed by atoms with van der Waals surface area (Å²) in [7, 11) is 0. The van der Waals surface area contributed by atoms with Crippen molar-refractivity contribution in [1.29, 1.82) is 0 Å². The number of H-pyrrole nitrogens is 1. The second-order valence-corrected chi connectivity index (χ2v) is 6.29. The van der Waals surface area contributed by atoms with Crippen LogP contribution in [0, 0.1) is 0 Å². The summed E-state index contributed by atoms with van der Waals surface area (Å²) >= 11 is 0. The quantitative estimate of drug-likeness (QED) is 0.655. The molecule has 0 aliphatic heterocycles. The first-order valence-corrected chi connectivity index (χ1v) is 8.25. The van der Waals surface area contributed by atoms with Crippen LogP contribution in [0.3, 0.4) is 0 Å². The van der Waals surface area contributed by atoms with Gasteiger partial charge in [-0.15, -0.1) is 0 Å². The number of aromatic amines is 1. The van der Waals surface area contributed by atoms with Crippen molar-refractivity contribution in [2.75, 3.05) is 5.32 Å². The fraction of sp³-hybridized carbons (Fsp3) is 0.263. The molecule has 0 fully saturated rings. The average Bonchev–Trinajstić information content (AvgIpc) is 3.10. The number of benzene rings is 1. The van der Waals surface area contributed by atoms with E-state index in [0.717, 1.165) is 22.9 Å². The first-order chi connectivity index (χ1) is 12.4. The predicted octanol–water partition coefficient (Wildman–Crippen LogP) is 5.23. The number of hydrogen-bond donors (Lipinski definition) is 2. The van der Waals surface area contributed by atoms with Crippen molar-refractivity contribution in [2.24, 2.45) is 0 Å². The van der Waals surface area contributed by atoms with Crippen molar-refractivity contribution in [1.82, 2.24) is 15.2 Å². The molecule has 3 aromatic rings. The zero-order valence-corrected chi connectivity index (χ0v) is 14.4. The lowest BCUT2D eigenvalue weighted by molar-refractivity contribution is -0.138. The van der Waals surface area contributed by atoms with Crippen molar-refractivity contribution in [3.63, 3.8) is 0 Å². The Bertz CT molecular complexity index is 884. The molecule has 0 atom stereocenters. The van der Waals surface area contributed by atoms with Crippen molar-refractivity contribution in [3.8, 4) is 11.1 Å². The molecule has 0 radical (unpaired) electrons. The van der Waals surface area contributed by atoms with Gasteiger partial charge in [0, 0.05) is 24.0 Å². The van der Waals surface area contributed by atoms with Gasteiger partial charge in [0.1, 0.15) is 5.82 Å². The standard InChI is InChI=1S/C19H19F3N4/c1-12(2)18-15(11-25-26-18)13-7-8-23-17(9-13)24-10-14-5-3-4-6-16(14)19(20,21)22/h3-9,11-12H,10H2,1-2H3,(H,23,24)(H,25,26).